The van der Waals surface area contributed by atoms with Gasteiger partial charge in [0.15, 0.2) is 5.82 Å². The van der Waals surface area contributed by atoms with Crippen LogP contribution in [0, 0.1) is 11.8 Å². The van der Waals surface area contributed by atoms with E-state index in [-0.39, 0.29) is 29.7 Å². The lowest BCUT2D eigenvalue weighted by Gasteiger charge is -2.24. The Morgan fingerprint density at radius 3 is 2.81 bits per heavy atom. The van der Waals surface area contributed by atoms with E-state index in [2.05, 4.69) is 34.3 Å². The van der Waals surface area contributed by atoms with E-state index in [0.29, 0.717) is 50.7 Å². The standard InChI is InChI=1S/C22H30N6O4/c1-14(2)18(24-20(29)15-7-12-32-13-15)19-26-25-17-6-9-27(10-11-28(17)19)22(30)16-5-4-8-23-21(16)31-3/h4-5,8,14-15,18H,6-7,9-13H2,1-3H3,(H,24,29)/t15-,18-/m1/s1. The average Bonchev–Trinajstić information content (AvgIpc) is 3.43. The number of methoxy groups -OCH3 is 1. The summed E-state index contributed by atoms with van der Waals surface area (Å²) in [4.78, 5) is 31.8. The number of nitrogens with zero attached hydrogens (tertiary/aromatic N) is 5. The predicted molar refractivity (Wildman–Crippen MR) is 115 cm³/mol. The Balaban J connectivity index is 1.50. The van der Waals surface area contributed by atoms with Crippen LogP contribution in [0.2, 0.25) is 0 Å². The zero-order valence-electron chi connectivity index (χ0n) is 18.8. The third-order valence-electron chi connectivity index (χ3n) is 6.08. The highest BCUT2D eigenvalue weighted by molar-refractivity contribution is 5.96. The Morgan fingerprint density at radius 2 is 2.09 bits per heavy atom. The summed E-state index contributed by atoms with van der Waals surface area (Å²) in [6.45, 7) is 6.77. The maximum Gasteiger partial charge on any atom is 0.259 e. The van der Waals surface area contributed by atoms with Gasteiger partial charge in [0, 0.05) is 38.9 Å². The van der Waals surface area contributed by atoms with E-state index < -0.39 is 0 Å². The topological polar surface area (TPSA) is 111 Å². The molecule has 0 aliphatic carbocycles. The summed E-state index contributed by atoms with van der Waals surface area (Å²) in [5.41, 5.74) is 0.444. The summed E-state index contributed by atoms with van der Waals surface area (Å²) >= 11 is 0. The van der Waals surface area contributed by atoms with Crippen molar-refractivity contribution in [3.8, 4) is 5.88 Å². The van der Waals surface area contributed by atoms with Crippen LogP contribution in [0.15, 0.2) is 18.3 Å². The van der Waals surface area contributed by atoms with Gasteiger partial charge in [-0.25, -0.2) is 4.98 Å². The fourth-order valence-corrected chi connectivity index (χ4v) is 4.21. The molecule has 10 nitrogen and oxygen atoms in total. The van der Waals surface area contributed by atoms with Gasteiger partial charge in [0.05, 0.1) is 25.7 Å². The van der Waals surface area contributed by atoms with Crippen molar-refractivity contribution in [3.05, 3.63) is 35.5 Å². The van der Waals surface area contributed by atoms with Crippen LogP contribution in [0.1, 0.15) is 48.3 Å². The van der Waals surface area contributed by atoms with Crippen LogP contribution in [0.4, 0.5) is 0 Å². The van der Waals surface area contributed by atoms with Crippen molar-refractivity contribution in [2.75, 3.05) is 33.4 Å². The number of hydrogen-bond acceptors (Lipinski definition) is 7. The summed E-state index contributed by atoms with van der Waals surface area (Å²) in [6.07, 6.45) is 2.92. The van der Waals surface area contributed by atoms with Crippen LogP contribution < -0.4 is 10.1 Å². The van der Waals surface area contributed by atoms with Crippen LogP contribution in [0.5, 0.6) is 5.88 Å². The van der Waals surface area contributed by atoms with Crippen molar-refractivity contribution in [2.45, 2.75) is 39.3 Å². The van der Waals surface area contributed by atoms with Crippen molar-refractivity contribution >= 4 is 11.8 Å². The van der Waals surface area contributed by atoms with E-state index in [1.54, 1.807) is 23.2 Å². The summed E-state index contributed by atoms with van der Waals surface area (Å²) in [6, 6.07) is 3.19. The molecule has 2 atom stereocenters. The Hall–Kier alpha value is -3.01. The highest BCUT2D eigenvalue weighted by atomic mass is 16.5. The van der Waals surface area contributed by atoms with Gasteiger partial charge in [-0.1, -0.05) is 13.8 Å². The zero-order chi connectivity index (χ0) is 22.7. The van der Waals surface area contributed by atoms with Crippen molar-refractivity contribution in [1.82, 2.24) is 30.0 Å². The molecule has 0 spiro atoms. The number of fused-ring (bicyclic) bond motifs is 1. The van der Waals surface area contributed by atoms with Crippen molar-refractivity contribution in [2.24, 2.45) is 11.8 Å². The number of carbonyl (C=O) groups is 2. The van der Waals surface area contributed by atoms with Gasteiger partial charge in [-0.2, -0.15) is 0 Å². The molecule has 4 heterocycles. The Labute approximate surface area is 187 Å². The minimum Gasteiger partial charge on any atom is -0.480 e. The minimum absolute atomic E-state index is 0.00681. The van der Waals surface area contributed by atoms with Gasteiger partial charge in [0.2, 0.25) is 11.8 Å². The third kappa shape index (κ3) is 4.45. The molecule has 1 fully saturated rings. The number of aromatic nitrogens is 4. The first-order valence-corrected chi connectivity index (χ1v) is 11.1. The first kappa shape index (κ1) is 22.2. The molecular weight excluding hydrogens is 412 g/mol. The maximum absolute atomic E-state index is 13.1. The number of hydrogen-bond donors (Lipinski definition) is 1. The second-order valence-corrected chi connectivity index (χ2v) is 8.52. The first-order chi connectivity index (χ1) is 15.5. The molecule has 172 valence electrons. The normalized spacial score (nSPS) is 19.4. The fourth-order valence-electron chi connectivity index (χ4n) is 4.21. The van der Waals surface area contributed by atoms with E-state index in [9.17, 15) is 9.59 Å². The van der Waals surface area contributed by atoms with Crippen molar-refractivity contribution < 1.29 is 19.1 Å². The van der Waals surface area contributed by atoms with Gasteiger partial charge in [-0.15, -0.1) is 10.2 Å². The second kappa shape index (κ2) is 9.64. The molecule has 1 saturated heterocycles. The van der Waals surface area contributed by atoms with Crippen LogP contribution in [0.3, 0.4) is 0 Å². The number of amides is 2. The molecule has 0 radical (unpaired) electrons. The molecule has 2 amide bonds. The summed E-state index contributed by atoms with van der Waals surface area (Å²) < 4.78 is 12.7. The number of nitrogens with one attached hydrogen (secondary N) is 1. The van der Waals surface area contributed by atoms with Crippen LogP contribution >= 0.6 is 0 Å². The molecule has 2 aliphatic heterocycles. The average molecular weight is 443 g/mol. The van der Waals surface area contributed by atoms with E-state index in [0.717, 1.165) is 18.1 Å². The van der Waals surface area contributed by atoms with Gasteiger partial charge in [0.1, 0.15) is 11.4 Å². The Bertz CT molecular complexity index is 969. The van der Waals surface area contributed by atoms with E-state index >= 15 is 0 Å². The summed E-state index contributed by atoms with van der Waals surface area (Å²) in [7, 11) is 1.51. The predicted octanol–water partition coefficient (Wildman–Crippen LogP) is 1.23. The maximum atomic E-state index is 13.1. The molecule has 0 bridgehead atoms. The molecule has 2 aromatic rings. The van der Waals surface area contributed by atoms with Gasteiger partial charge in [0.25, 0.3) is 5.91 Å². The lowest BCUT2D eigenvalue weighted by molar-refractivity contribution is -0.126. The van der Waals surface area contributed by atoms with Crippen LogP contribution in [-0.2, 0) is 22.5 Å². The molecule has 4 rings (SSSR count). The highest BCUT2D eigenvalue weighted by Gasteiger charge is 2.32. The lowest BCUT2D eigenvalue weighted by Crippen LogP contribution is -2.38. The van der Waals surface area contributed by atoms with Gasteiger partial charge < -0.3 is 24.3 Å². The molecule has 2 aromatic heterocycles. The largest absolute Gasteiger partial charge is 0.480 e. The molecule has 32 heavy (non-hydrogen) atoms. The summed E-state index contributed by atoms with van der Waals surface area (Å²) in [5.74, 6) is 1.76. The van der Waals surface area contributed by atoms with Crippen LogP contribution in [0.25, 0.3) is 0 Å². The fraction of sp³-hybridized carbons (Fsp3) is 0.591. The van der Waals surface area contributed by atoms with Crippen LogP contribution in [-0.4, -0.2) is 69.9 Å². The quantitative estimate of drug-likeness (QED) is 0.716. The summed E-state index contributed by atoms with van der Waals surface area (Å²) in [5, 5.41) is 12.0. The van der Waals surface area contributed by atoms with Gasteiger partial charge in [-0.05, 0) is 24.5 Å². The zero-order valence-corrected chi connectivity index (χ0v) is 18.8. The van der Waals surface area contributed by atoms with Gasteiger partial charge >= 0.3 is 0 Å². The molecule has 0 saturated carbocycles. The van der Waals surface area contributed by atoms with E-state index in [1.165, 1.54) is 7.11 Å². The Kier molecular flexibility index (Phi) is 6.69. The molecule has 2 aliphatic rings. The minimum atomic E-state index is -0.259. The first-order valence-electron chi connectivity index (χ1n) is 11.1. The molecular formula is C22H30N6O4. The number of ether oxygens (including phenoxy) is 2. The lowest BCUT2D eigenvalue weighted by atomic mass is 10.0. The number of rotatable bonds is 6. The molecule has 0 aromatic carbocycles. The number of carbonyl (C=O) groups excluding carboxylic acids is 2. The monoisotopic (exact) mass is 442 g/mol. The number of pyridine rings is 1. The van der Waals surface area contributed by atoms with Gasteiger partial charge in [-0.3, -0.25) is 9.59 Å². The van der Waals surface area contributed by atoms with Crippen molar-refractivity contribution in [3.63, 3.8) is 0 Å². The second-order valence-electron chi connectivity index (χ2n) is 8.52. The smallest absolute Gasteiger partial charge is 0.259 e. The highest BCUT2D eigenvalue weighted by Crippen LogP contribution is 2.25. The Morgan fingerprint density at radius 1 is 1.25 bits per heavy atom. The van der Waals surface area contributed by atoms with E-state index in [4.69, 9.17) is 9.47 Å². The molecule has 0 unspecified atom stereocenters. The van der Waals surface area contributed by atoms with Crippen molar-refractivity contribution in [1.29, 1.82) is 0 Å². The van der Waals surface area contributed by atoms with E-state index in [1.807, 2.05) is 4.57 Å². The molecule has 1 N–H and O–H groups in total. The third-order valence-corrected chi connectivity index (χ3v) is 6.08. The molecule has 10 heteroatoms. The SMILES string of the molecule is COc1ncccc1C(=O)N1CCc2nnc([C@H](NC(=O)[C@@H]3CCOC3)C(C)C)n2CC1.